The molecule has 1 aromatic heterocycles. The first-order valence-electron chi connectivity index (χ1n) is 5.79. The number of rotatable bonds is 5. The third kappa shape index (κ3) is 3.88. The molecule has 102 valence electrons. The van der Waals surface area contributed by atoms with Gasteiger partial charge in [0.15, 0.2) is 11.6 Å². The lowest BCUT2D eigenvalue weighted by Crippen LogP contribution is -1.99. The van der Waals surface area contributed by atoms with E-state index in [4.69, 9.17) is 4.74 Å². The maximum absolute atomic E-state index is 13.7. The molecule has 0 fully saturated rings. The second-order valence-electron chi connectivity index (χ2n) is 3.90. The molecule has 0 N–H and O–H groups in total. The minimum absolute atomic E-state index is 0.0777. The van der Waals surface area contributed by atoms with Gasteiger partial charge in [-0.15, -0.1) is 0 Å². The molecule has 0 aliphatic heterocycles. The fraction of sp³-hybridized carbons (Fsp3) is 0.0714. The Bertz CT molecular complexity index is 630. The van der Waals surface area contributed by atoms with Gasteiger partial charge in [0, 0.05) is 12.3 Å². The van der Waals surface area contributed by atoms with Gasteiger partial charge in [-0.3, -0.25) is 15.1 Å². The minimum atomic E-state index is -0.608. The molecule has 0 aliphatic carbocycles. The van der Waals surface area contributed by atoms with Gasteiger partial charge < -0.3 is 4.74 Å². The van der Waals surface area contributed by atoms with E-state index in [1.165, 1.54) is 24.3 Å². The van der Waals surface area contributed by atoms with Crippen molar-refractivity contribution in [3.8, 4) is 5.75 Å². The largest absolute Gasteiger partial charge is 0.484 e. The summed E-state index contributed by atoms with van der Waals surface area (Å²) in [5.41, 5.74) is 1.08. The lowest BCUT2D eigenvalue weighted by atomic mass is 10.2. The highest BCUT2D eigenvalue weighted by Gasteiger charge is 2.05. The van der Waals surface area contributed by atoms with Crippen molar-refractivity contribution < 1.29 is 14.1 Å². The molecule has 0 bridgehead atoms. The Morgan fingerprint density at radius 2 is 2.20 bits per heavy atom. The van der Waals surface area contributed by atoms with Crippen LogP contribution in [-0.2, 0) is 6.61 Å². The first-order valence-corrected chi connectivity index (χ1v) is 5.79. The van der Waals surface area contributed by atoms with Crippen LogP contribution in [0.4, 0.5) is 4.39 Å². The highest BCUT2D eigenvalue weighted by molar-refractivity contribution is 5.49. The van der Waals surface area contributed by atoms with E-state index in [2.05, 4.69) is 4.98 Å². The van der Waals surface area contributed by atoms with Gasteiger partial charge in [0.25, 0.3) is 0 Å². The van der Waals surface area contributed by atoms with E-state index >= 15 is 0 Å². The van der Waals surface area contributed by atoms with Crippen LogP contribution in [0.5, 0.6) is 5.75 Å². The number of nitrogens with zero attached hydrogens (tertiary/aromatic N) is 2. The quantitative estimate of drug-likeness (QED) is 0.621. The van der Waals surface area contributed by atoms with Crippen molar-refractivity contribution in [2.75, 3.05) is 0 Å². The summed E-state index contributed by atoms with van der Waals surface area (Å²) in [4.78, 5) is 13.6. The molecule has 2 aromatic rings. The van der Waals surface area contributed by atoms with E-state index in [0.717, 1.165) is 6.20 Å². The third-order valence-corrected chi connectivity index (χ3v) is 2.45. The number of nitro groups is 1. The summed E-state index contributed by atoms with van der Waals surface area (Å²) < 4.78 is 19.0. The van der Waals surface area contributed by atoms with Crippen molar-refractivity contribution in [2.45, 2.75) is 6.61 Å². The molecule has 0 spiro atoms. The zero-order valence-electron chi connectivity index (χ0n) is 10.4. The van der Waals surface area contributed by atoms with Gasteiger partial charge in [-0.1, -0.05) is 12.1 Å². The molecule has 0 radical (unpaired) electrons. The molecule has 2 rings (SSSR count). The molecule has 0 aliphatic rings. The van der Waals surface area contributed by atoms with Crippen molar-refractivity contribution in [3.63, 3.8) is 0 Å². The number of pyridine rings is 1. The van der Waals surface area contributed by atoms with Crippen LogP contribution in [0, 0.1) is 15.9 Å². The standard InChI is InChI=1S/C14H11FN2O3/c15-13-9-11(6-8-17(18)19)4-5-14(13)20-10-12-3-1-2-7-16-12/h1-9H,10H2/b8-6+. The van der Waals surface area contributed by atoms with Gasteiger partial charge in [-0.2, -0.15) is 0 Å². The molecule has 1 heterocycles. The zero-order valence-corrected chi connectivity index (χ0v) is 10.4. The monoisotopic (exact) mass is 274 g/mol. The maximum atomic E-state index is 13.7. The van der Waals surface area contributed by atoms with E-state index in [9.17, 15) is 14.5 Å². The second kappa shape index (κ2) is 6.42. The Morgan fingerprint density at radius 1 is 1.35 bits per heavy atom. The molecule has 1 aromatic carbocycles. The Balaban J connectivity index is 2.04. The summed E-state index contributed by atoms with van der Waals surface area (Å²) in [5.74, 6) is -0.500. The molecule has 6 heteroatoms. The summed E-state index contributed by atoms with van der Waals surface area (Å²) >= 11 is 0. The molecular weight excluding hydrogens is 263 g/mol. The second-order valence-corrected chi connectivity index (χ2v) is 3.90. The number of ether oxygens (including phenoxy) is 1. The van der Waals surface area contributed by atoms with Crippen molar-refractivity contribution in [1.82, 2.24) is 4.98 Å². The molecule has 0 saturated carbocycles. The van der Waals surface area contributed by atoms with Gasteiger partial charge in [-0.25, -0.2) is 4.39 Å². The molecular formula is C14H11FN2O3. The molecule has 5 nitrogen and oxygen atoms in total. The van der Waals surface area contributed by atoms with Gasteiger partial charge >= 0.3 is 0 Å². The summed E-state index contributed by atoms with van der Waals surface area (Å²) in [6, 6.07) is 9.50. The summed E-state index contributed by atoms with van der Waals surface area (Å²) in [6.45, 7) is 0.155. The van der Waals surface area contributed by atoms with Crippen molar-refractivity contribution in [3.05, 3.63) is 76.0 Å². The minimum Gasteiger partial charge on any atom is -0.484 e. The number of aromatic nitrogens is 1. The summed E-state index contributed by atoms with van der Waals surface area (Å²) in [5, 5.41) is 10.2. The van der Waals surface area contributed by atoms with Gasteiger partial charge in [0.1, 0.15) is 6.61 Å². The van der Waals surface area contributed by atoms with Crippen LogP contribution < -0.4 is 4.74 Å². The summed E-state index contributed by atoms with van der Waals surface area (Å²) in [6.07, 6.45) is 3.59. The SMILES string of the molecule is O=[N+]([O-])/C=C/c1ccc(OCc2ccccn2)c(F)c1. The highest BCUT2D eigenvalue weighted by Crippen LogP contribution is 2.20. The third-order valence-electron chi connectivity index (χ3n) is 2.45. The predicted molar refractivity (Wildman–Crippen MR) is 71.0 cm³/mol. The lowest BCUT2D eigenvalue weighted by molar-refractivity contribution is -0.400. The average Bonchev–Trinajstić information content (AvgIpc) is 2.45. The van der Waals surface area contributed by atoms with Crippen molar-refractivity contribution in [1.29, 1.82) is 0 Å². The topological polar surface area (TPSA) is 65.3 Å². The van der Waals surface area contributed by atoms with Crippen LogP contribution in [0.25, 0.3) is 6.08 Å². The molecule has 20 heavy (non-hydrogen) atoms. The highest BCUT2D eigenvalue weighted by atomic mass is 19.1. The smallest absolute Gasteiger partial charge is 0.235 e. The fourth-order valence-corrected chi connectivity index (χ4v) is 1.52. The van der Waals surface area contributed by atoms with E-state index in [1.807, 2.05) is 6.07 Å². The Hall–Kier alpha value is -2.76. The Labute approximate surface area is 114 Å². The molecule has 0 atom stereocenters. The van der Waals surface area contributed by atoms with Gasteiger partial charge in [-0.05, 0) is 29.8 Å². The number of hydrogen-bond acceptors (Lipinski definition) is 4. The number of benzene rings is 1. The predicted octanol–water partition coefficient (Wildman–Crippen LogP) is 3.05. The van der Waals surface area contributed by atoms with E-state index < -0.39 is 10.7 Å². The number of halogens is 1. The maximum Gasteiger partial charge on any atom is 0.235 e. The fourth-order valence-electron chi connectivity index (χ4n) is 1.52. The van der Waals surface area contributed by atoms with E-state index in [-0.39, 0.29) is 12.4 Å². The van der Waals surface area contributed by atoms with Crippen LogP contribution >= 0.6 is 0 Å². The van der Waals surface area contributed by atoms with Crippen LogP contribution in [0.2, 0.25) is 0 Å². The van der Waals surface area contributed by atoms with E-state index in [1.54, 1.807) is 18.3 Å². The van der Waals surface area contributed by atoms with Crippen molar-refractivity contribution in [2.24, 2.45) is 0 Å². The van der Waals surface area contributed by atoms with Crippen LogP contribution in [-0.4, -0.2) is 9.91 Å². The zero-order chi connectivity index (χ0) is 14.4. The first-order chi connectivity index (χ1) is 9.65. The van der Waals surface area contributed by atoms with Crippen LogP contribution in [0.15, 0.2) is 48.8 Å². The van der Waals surface area contributed by atoms with Crippen molar-refractivity contribution >= 4 is 6.08 Å². The molecule has 0 unspecified atom stereocenters. The first kappa shape index (κ1) is 13.7. The van der Waals surface area contributed by atoms with Gasteiger partial charge in [0.2, 0.25) is 6.20 Å². The Morgan fingerprint density at radius 3 is 2.85 bits per heavy atom. The van der Waals surface area contributed by atoms with Gasteiger partial charge in [0.05, 0.1) is 10.6 Å². The number of hydrogen-bond donors (Lipinski definition) is 0. The van der Waals surface area contributed by atoms with Crippen LogP contribution in [0.1, 0.15) is 11.3 Å². The normalized spacial score (nSPS) is 10.7. The molecule has 0 saturated heterocycles. The van der Waals surface area contributed by atoms with E-state index in [0.29, 0.717) is 11.3 Å². The Kier molecular flexibility index (Phi) is 4.39. The van der Waals surface area contributed by atoms with Crippen LogP contribution in [0.3, 0.4) is 0 Å². The average molecular weight is 274 g/mol. The lowest BCUT2D eigenvalue weighted by Gasteiger charge is -2.07. The summed E-state index contributed by atoms with van der Waals surface area (Å²) in [7, 11) is 0. The molecule has 0 amide bonds.